The van der Waals surface area contributed by atoms with Crippen molar-refractivity contribution in [3.8, 4) is 0 Å². The second-order valence-corrected chi connectivity index (χ2v) is 7.32. The van der Waals surface area contributed by atoms with E-state index in [9.17, 15) is 4.79 Å². The summed E-state index contributed by atoms with van der Waals surface area (Å²) in [6.07, 6.45) is 6.95. The quantitative estimate of drug-likeness (QED) is 0.386. The summed E-state index contributed by atoms with van der Waals surface area (Å²) in [5.74, 6) is -0.152. The van der Waals surface area contributed by atoms with Crippen LogP contribution in [0, 0.1) is 0 Å². The molecule has 0 unspecified atom stereocenters. The molecule has 1 aromatic rings. The molecule has 1 saturated heterocycles. The molecule has 1 heterocycles. The van der Waals surface area contributed by atoms with Crippen LogP contribution in [-0.4, -0.2) is 37.8 Å². The number of unbranched alkanes of at least 4 members (excludes halogenated alkanes) is 2. The molecule has 0 spiro atoms. The Balaban J connectivity index is 1.79. The van der Waals surface area contributed by atoms with E-state index < -0.39 is 0 Å². The van der Waals surface area contributed by atoms with Gasteiger partial charge in [0.25, 0.3) is 0 Å². The molecule has 26 heavy (non-hydrogen) atoms. The molecule has 5 nitrogen and oxygen atoms in total. The number of nitrogens with zero attached hydrogens (tertiary/aromatic N) is 1. The van der Waals surface area contributed by atoms with Crippen molar-refractivity contribution in [3.63, 3.8) is 0 Å². The minimum Gasteiger partial charge on any atom is -0.469 e. The Labute approximate surface area is 166 Å². The number of anilines is 2. The number of piperidine rings is 1. The van der Waals surface area contributed by atoms with E-state index in [-0.39, 0.29) is 5.97 Å². The van der Waals surface area contributed by atoms with Crippen molar-refractivity contribution >= 4 is 46.3 Å². The van der Waals surface area contributed by atoms with E-state index in [4.69, 9.17) is 23.8 Å². The van der Waals surface area contributed by atoms with Gasteiger partial charge in [-0.2, -0.15) is 0 Å². The summed E-state index contributed by atoms with van der Waals surface area (Å²) < 4.78 is 4.63. The minimum atomic E-state index is -0.152. The SMILES string of the molecule is COC(=O)CCCCCNC(=S)Nc1cc(Cl)ccc1N1CCCCC1. The summed E-state index contributed by atoms with van der Waals surface area (Å²) in [6.45, 7) is 2.90. The highest BCUT2D eigenvalue weighted by Crippen LogP contribution is 2.31. The Morgan fingerprint density at radius 3 is 2.73 bits per heavy atom. The number of esters is 1. The number of carbonyl (C=O) groups excluding carboxylic acids is 1. The first kappa shape index (κ1) is 20.8. The molecular formula is C19H28ClN3O2S. The van der Waals surface area contributed by atoms with Crippen LogP contribution in [0.2, 0.25) is 5.02 Å². The molecule has 7 heteroatoms. The zero-order valence-corrected chi connectivity index (χ0v) is 16.9. The molecular weight excluding hydrogens is 370 g/mol. The lowest BCUT2D eigenvalue weighted by atomic mass is 10.1. The summed E-state index contributed by atoms with van der Waals surface area (Å²) in [4.78, 5) is 13.4. The molecule has 2 N–H and O–H groups in total. The lowest BCUT2D eigenvalue weighted by Gasteiger charge is -2.31. The Morgan fingerprint density at radius 2 is 2.00 bits per heavy atom. The topological polar surface area (TPSA) is 53.6 Å². The van der Waals surface area contributed by atoms with Crippen LogP contribution in [0.3, 0.4) is 0 Å². The minimum absolute atomic E-state index is 0.152. The lowest BCUT2D eigenvalue weighted by molar-refractivity contribution is -0.140. The Hall–Kier alpha value is -1.53. The van der Waals surface area contributed by atoms with E-state index in [1.807, 2.05) is 12.1 Å². The summed E-state index contributed by atoms with van der Waals surface area (Å²) in [7, 11) is 1.42. The predicted molar refractivity (Wildman–Crippen MR) is 112 cm³/mol. The third-order valence-corrected chi connectivity index (χ3v) is 4.96. The van der Waals surface area contributed by atoms with E-state index in [0.717, 1.165) is 50.3 Å². The highest BCUT2D eigenvalue weighted by atomic mass is 35.5. The van der Waals surface area contributed by atoms with Gasteiger partial charge in [0.15, 0.2) is 5.11 Å². The van der Waals surface area contributed by atoms with Gasteiger partial charge in [-0.05, 0) is 62.5 Å². The first-order chi connectivity index (χ1) is 12.6. The Kier molecular flexibility index (Phi) is 8.98. The standard InChI is InChI=1S/C19H28ClN3O2S/c1-25-18(24)8-4-2-5-11-21-19(26)22-16-14-15(20)9-10-17(16)23-12-6-3-7-13-23/h9-10,14H,2-8,11-13H2,1H3,(H2,21,22,26). The summed E-state index contributed by atoms with van der Waals surface area (Å²) in [5, 5.41) is 7.80. The highest BCUT2D eigenvalue weighted by Gasteiger charge is 2.15. The number of hydrogen-bond acceptors (Lipinski definition) is 4. The second kappa shape index (κ2) is 11.2. The van der Waals surface area contributed by atoms with Gasteiger partial charge in [-0.15, -0.1) is 0 Å². The summed E-state index contributed by atoms with van der Waals surface area (Å²) in [6, 6.07) is 5.91. The van der Waals surface area contributed by atoms with E-state index in [1.54, 1.807) is 0 Å². The molecule has 1 fully saturated rings. The zero-order chi connectivity index (χ0) is 18.8. The summed E-state index contributed by atoms with van der Waals surface area (Å²) in [5.41, 5.74) is 2.10. The van der Waals surface area contributed by atoms with Crippen molar-refractivity contribution in [2.75, 3.05) is 37.0 Å². The highest BCUT2D eigenvalue weighted by molar-refractivity contribution is 7.80. The number of hydrogen-bond donors (Lipinski definition) is 2. The van der Waals surface area contributed by atoms with Crippen LogP contribution in [-0.2, 0) is 9.53 Å². The largest absolute Gasteiger partial charge is 0.469 e. The molecule has 144 valence electrons. The van der Waals surface area contributed by atoms with E-state index in [2.05, 4.69) is 26.3 Å². The molecule has 0 aromatic heterocycles. The predicted octanol–water partition coefficient (Wildman–Crippen LogP) is 4.35. The number of thiocarbonyl (C=S) groups is 1. The molecule has 1 aliphatic heterocycles. The molecule has 2 rings (SSSR count). The number of benzene rings is 1. The maximum atomic E-state index is 11.1. The first-order valence-electron chi connectivity index (χ1n) is 9.26. The van der Waals surface area contributed by atoms with Crippen molar-refractivity contribution < 1.29 is 9.53 Å². The average Bonchev–Trinajstić information content (AvgIpc) is 2.65. The number of rotatable bonds is 8. The fraction of sp³-hybridized carbons (Fsp3) is 0.579. The monoisotopic (exact) mass is 397 g/mol. The van der Waals surface area contributed by atoms with Gasteiger partial charge in [-0.25, -0.2) is 0 Å². The Bertz CT molecular complexity index is 606. The molecule has 0 saturated carbocycles. The van der Waals surface area contributed by atoms with Gasteiger partial charge >= 0.3 is 5.97 Å². The van der Waals surface area contributed by atoms with Crippen LogP contribution >= 0.6 is 23.8 Å². The van der Waals surface area contributed by atoms with Gasteiger partial charge in [0, 0.05) is 31.1 Å². The number of halogens is 1. The number of nitrogens with one attached hydrogen (secondary N) is 2. The summed E-state index contributed by atoms with van der Waals surface area (Å²) >= 11 is 11.6. The van der Waals surface area contributed by atoms with E-state index in [0.29, 0.717) is 16.6 Å². The van der Waals surface area contributed by atoms with Crippen LogP contribution in [0.4, 0.5) is 11.4 Å². The van der Waals surface area contributed by atoms with E-state index in [1.165, 1.54) is 26.4 Å². The fourth-order valence-electron chi connectivity index (χ4n) is 3.06. The molecule has 0 aliphatic carbocycles. The fourth-order valence-corrected chi connectivity index (χ4v) is 3.44. The van der Waals surface area contributed by atoms with Crippen LogP contribution in [0.25, 0.3) is 0 Å². The van der Waals surface area contributed by atoms with Gasteiger partial charge in [0.2, 0.25) is 0 Å². The molecule has 1 aliphatic rings. The van der Waals surface area contributed by atoms with Crippen molar-refractivity contribution in [1.29, 1.82) is 0 Å². The van der Waals surface area contributed by atoms with Crippen molar-refractivity contribution in [2.45, 2.75) is 44.9 Å². The van der Waals surface area contributed by atoms with Gasteiger partial charge < -0.3 is 20.3 Å². The molecule has 1 aromatic carbocycles. The Morgan fingerprint density at radius 1 is 1.23 bits per heavy atom. The smallest absolute Gasteiger partial charge is 0.305 e. The molecule has 0 amide bonds. The molecule has 0 atom stereocenters. The van der Waals surface area contributed by atoms with Crippen molar-refractivity contribution in [1.82, 2.24) is 5.32 Å². The maximum Gasteiger partial charge on any atom is 0.305 e. The average molecular weight is 398 g/mol. The van der Waals surface area contributed by atoms with Crippen LogP contribution in [0.15, 0.2) is 18.2 Å². The lowest BCUT2D eigenvalue weighted by Crippen LogP contribution is -2.32. The second-order valence-electron chi connectivity index (χ2n) is 6.48. The van der Waals surface area contributed by atoms with Gasteiger partial charge in [0.1, 0.15) is 0 Å². The molecule has 0 radical (unpaired) electrons. The van der Waals surface area contributed by atoms with Gasteiger partial charge in [0.05, 0.1) is 18.5 Å². The zero-order valence-electron chi connectivity index (χ0n) is 15.4. The third-order valence-electron chi connectivity index (χ3n) is 4.47. The van der Waals surface area contributed by atoms with Crippen LogP contribution in [0.1, 0.15) is 44.9 Å². The van der Waals surface area contributed by atoms with Crippen LogP contribution in [0.5, 0.6) is 0 Å². The number of methoxy groups -OCH3 is 1. The van der Waals surface area contributed by atoms with Crippen LogP contribution < -0.4 is 15.5 Å². The number of ether oxygens (including phenoxy) is 1. The third kappa shape index (κ3) is 7.00. The molecule has 0 bridgehead atoms. The first-order valence-corrected chi connectivity index (χ1v) is 10.0. The van der Waals surface area contributed by atoms with E-state index >= 15 is 0 Å². The van der Waals surface area contributed by atoms with Crippen molar-refractivity contribution in [2.24, 2.45) is 0 Å². The maximum absolute atomic E-state index is 11.1. The van der Waals surface area contributed by atoms with Gasteiger partial charge in [-0.1, -0.05) is 18.0 Å². The number of carbonyl (C=O) groups is 1. The van der Waals surface area contributed by atoms with Gasteiger partial charge in [-0.3, -0.25) is 4.79 Å². The van der Waals surface area contributed by atoms with Crippen molar-refractivity contribution in [3.05, 3.63) is 23.2 Å². The normalized spacial score (nSPS) is 14.0.